The summed E-state index contributed by atoms with van der Waals surface area (Å²) in [5, 5.41) is 9.92. The zero-order valence-corrected chi connectivity index (χ0v) is 18.2. The van der Waals surface area contributed by atoms with Crippen molar-refractivity contribution in [3.8, 4) is 0 Å². The van der Waals surface area contributed by atoms with Crippen LogP contribution in [0.15, 0.2) is 10.4 Å². The second-order valence-electron chi connectivity index (χ2n) is 6.68. The van der Waals surface area contributed by atoms with Gasteiger partial charge in [-0.15, -0.1) is 35.3 Å². The molecule has 8 heteroatoms. The van der Waals surface area contributed by atoms with Crippen molar-refractivity contribution in [1.29, 1.82) is 0 Å². The largest absolute Gasteiger partial charge is 0.379 e. The van der Waals surface area contributed by atoms with Crippen LogP contribution in [0.1, 0.15) is 31.5 Å². The van der Waals surface area contributed by atoms with E-state index in [1.165, 1.54) is 0 Å². The van der Waals surface area contributed by atoms with Crippen molar-refractivity contribution in [2.24, 2.45) is 4.99 Å². The normalized spacial score (nSPS) is 16.6. The number of morpholine rings is 1. The number of rotatable bonds is 5. The van der Waals surface area contributed by atoms with Gasteiger partial charge in [-0.1, -0.05) is 20.8 Å². The second kappa shape index (κ2) is 10.5. The Labute approximate surface area is 166 Å². The number of thiazole rings is 1. The van der Waals surface area contributed by atoms with Crippen LogP contribution in [0, 0.1) is 0 Å². The van der Waals surface area contributed by atoms with Crippen molar-refractivity contribution in [3.63, 3.8) is 0 Å². The zero-order valence-electron chi connectivity index (χ0n) is 15.1. The monoisotopic (exact) mass is 467 g/mol. The van der Waals surface area contributed by atoms with Gasteiger partial charge in [0.1, 0.15) is 5.01 Å². The summed E-state index contributed by atoms with van der Waals surface area (Å²) in [4.78, 5) is 11.4. The summed E-state index contributed by atoms with van der Waals surface area (Å²) in [5.41, 5.74) is 1.25. The van der Waals surface area contributed by atoms with E-state index in [0.717, 1.165) is 56.1 Å². The molecule has 1 fully saturated rings. The lowest BCUT2D eigenvalue weighted by molar-refractivity contribution is 0.0389. The van der Waals surface area contributed by atoms with Crippen LogP contribution < -0.4 is 10.6 Å². The van der Waals surface area contributed by atoms with E-state index in [2.05, 4.69) is 46.7 Å². The van der Waals surface area contributed by atoms with Gasteiger partial charge in [0.25, 0.3) is 0 Å². The summed E-state index contributed by atoms with van der Waals surface area (Å²) >= 11 is 1.70. The van der Waals surface area contributed by atoms with Crippen molar-refractivity contribution in [2.45, 2.75) is 32.7 Å². The van der Waals surface area contributed by atoms with Crippen LogP contribution in [-0.2, 0) is 16.7 Å². The first-order valence-corrected chi connectivity index (χ1v) is 9.06. The molecule has 1 aromatic rings. The van der Waals surface area contributed by atoms with Gasteiger partial charge in [-0.2, -0.15) is 0 Å². The summed E-state index contributed by atoms with van der Waals surface area (Å²) in [5.74, 6) is 0.825. The maximum absolute atomic E-state index is 5.36. The number of aliphatic imine (C=N–C) groups is 1. The molecule has 2 N–H and O–H groups in total. The fourth-order valence-electron chi connectivity index (χ4n) is 2.27. The van der Waals surface area contributed by atoms with Crippen LogP contribution in [0.2, 0.25) is 0 Å². The van der Waals surface area contributed by atoms with Gasteiger partial charge in [0, 0.05) is 44.0 Å². The minimum Gasteiger partial charge on any atom is -0.379 e. The molecule has 6 nitrogen and oxygen atoms in total. The molecule has 0 atom stereocenters. The molecule has 1 aliphatic heterocycles. The van der Waals surface area contributed by atoms with Gasteiger partial charge in [0.2, 0.25) is 0 Å². The Bertz CT molecular complexity index is 509. The summed E-state index contributed by atoms with van der Waals surface area (Å²) in [6.07, 6.45) is 0. The Morgan fingerprint density at radius 3 is 2.62 bits per heavy atom. The first-order chi connectivity index (χ1) is 11.0. The van der Waals surface area contributed by atoms with E-state index in [4.69, 9.17) is 9.72 Å². The van der Waals surface area contributed by atoms with Crippen LogP contribution in [0.25, 0.3) is 0 Å². The highest BCUT2D eigenvalue weighted by molar-refractivity contribution is 14.0. The predicted octanol–water partition coefficient (Wildman–Crippen LogP) is 2.06. The van der Waals surface area contributed by atoms with Crippen LogP contribution in [-0.4, -0.2) is 62.3 Å². The maximum atomic E-state index is 5.36. The highest BCUT2D eigenvalue weighted by atomic mass is 127. The minimum atomic E-state index is 0. The van der Waals surface area contributed by atoms with E-state index < -0.39 is 0 Å². The SMILES string of the molecule is CN=C(NCCN1CCOCC1)NCc1nc(C(C)(C)C)cs1.I. The lowest BCUT2D eigenvalue weighted by atomic mass is 9.93. The van der Waals surface area contributed by atoms with Crippen molar-refractivity contribution in [3.05, 3.63) is 16.1 Å². The Balaban J connectivity index is 0.00000288. The molecule has 2 rings (SSSR count). The number of nitrogens with one attached hydrogen (secondary N) is 2. The number of hydrogen-bond donors (Lipinski definition) is 2. The highest BCUT2D eigenvalue weighted by Gasteiger charge is 2.17. The molecule has 0 aliphatic carbocycles. The molecule has 0 amide bonds. The Morgan fingerprint density at radius 1 is 1.33 bits per heavy atom. The number of halogens is 1. The molecule has 0 unspecified atom stereocenters. The molecule has 138 valence electrons. The Kier molecular flexibility index (Phi) is 9.47. The number of ether oxygens (including phenoxy) is 1. The minimum absolute atomic E-state index is 0. The van der Waals surface area contributed by atoms with Crippen LogP contribution in [0.4, 0.5) is 0 Å². The summed E-state index contributed by atoms with van der Waals surface area (Å²) in [7, 11) is 1.80. The number of guanidine groups is 1. The van der Waals surface area contributed by atoms with Gasteiger partial charge in [0.05, 0.1) is 25.5 Å². The third-order valence-electron chi connectivity index (χ3n) is 3.78. The molecule has 0 radical (unpaired) electrons. The topological polar surface area (TPSA) is 61.8 Å². The molecule has 0 saturated carbocycles. The predicted molar refractivity (Wildman–Crippen MR) is 112 cm³/mol. The molecule has 0 spiro atoms. The molecule has 1 saturated heterocycles. The van der Waals surface area contributed by atoms with Crippen molar-refractivity contribution in [1.82, 2.24) is 20.5 Å². The fourth-order valence-corrected chi connectivity index (χ4v) is 3.23. The van der Waals surface area contributed by atoms with Gasteiger partial charge in [-0.05, 0) is 0 Å². The molecule has 24 heavy (non-hydrogen) atoms. The van der Waals surface area contributed by atoms with Gasteiger partial charge in [-0.3, -0.25) is 9.89 Å². The number of nitrogens with zero attached hydrogens (tertiary/aromatic N) is 3. The highest BCUT2D eigenvalue weighted by Crippen LogP contribution is 2.23. The third kappa shape index (κ3) is 7.20. The van der Waals surface area contributed by atoms with Crippen LogP contribution in [0.5, 0.6) is 0 Å². The van der Waals surface area contributed by atoms with Crippen molar-refractivity contribution < 1.29 is 4.74 Å². The van der Waals surface area contributed by atoms with Gasteiger partial charge >= 0.3 is 0 Å². The molecular weight excluding hydrogens is 437 g/mol. The molecule has 1 aliphatic rings. The van der Waals surface area contributed by atoms with Crippen molar-refractivity contribution >= 4 is 41.3 Å². The van der Waals surface area contributed by atoms with E-state index in [1.807, 2.05) is 0 Å². The molecule has 0 bridgehead atoms. The molecule has 2 heterocycles. The average molecular weight is 467 g/mol. The summed E-state index contributed by atoms with van der Waals surface area (Å²) in [6, 6.07) is 0. The van der Waals surface area contributed by atoms with E-state index in [0.29, 0.717) is 6.54 Å². The first kappa shape index (κ1) is 21.6. The fraction of sp³-hybridized carbons (Fsp3) is 0.750. The Morgan fingerprint density at radius 2 is 2.04 bits per heavy atom. The maximum Gasteiger partial charge on any atom is 0.191 e. The lowest BCUT2D eigenvalue weighted by Crippen LogP contribution is -2.44. The van der Waals surface area contributed by atoms with E-state index in [-0.39, 0.29) is 29.4 Å². The summed E-state index contributed by atoms with van der Waals surface area (Å²) < 4.78 is 5.36. The average Bonchev–Trinajstić information content (AvgIpc) is 3.01. The Hall–Kier alpha value is -0.450. The van der Waals surface area contributed by atoms with E-state index >= 15 is 0 Å². The molecule has 1 aromatic heterocycles. The summed E-state index contributed by atoms with van der Waals surface area (Å²) in [6.45, 7) is 12.9. The number of hydrogen-bond acceptors (Lipinski definition) is 5. The van der Waals surface area contributed by atoms with Gasteiger partial charge in [0.15, 0.2) is 5.96 Å². The molecule has 0 aromatic carbocycles. The third-order valence-corrected chi connectivity index (χ3v) is 4.62. The van der Waals surface area contributed by atoms with E-state index in [9.17, 15) is 0 Å². The quantitative estimate of drug-likeness (QED) is 0.395. The van der Waals surface area contributed by atoms with Gasteiger partial charge in [-0.25, -0.2) is 4.98 Å². The lowest BCUT2D eigenvalue weighted by Gasteiger charge is -2.26. The van der Waals surface area contributed by atoms with Crippen molar-refractivity contribution in [2.75, 3.05) is 46.4 Å². The second-order valence-corrected chi connectivity index (χ2v) is 7.63. The smallest absolute Gasteiger partial charge is 0.191 e. The van der Waals surface area contributed by atoms with E-state index in [1.54, 1.807) is 18.4 Å². The molecular formula is C16H30IN5OS. The standard InChI is InChI=1S/C16H29N5OS.HI/c1-16(2,3)13-12-23-14(20-13)11-19-15(17-4)18-5-6-21-7-9-22-10-8-21;/h12H,5-11H2,1-4H3,(H2,17,18,19);1H. The number of aromatic nitrogens is 1. The van der Waals surface area contributed by atoms with Crippen LogP contribution in [0.3, 0.4) is 0 Å². The first-order valence-electron chi connectivity index (χ1n) is 8.18. The van der Waals surface area contributed by atoms with Crippen LogP contribution >= 0.6 is 35.3 Å². The van der Waals surface area contributed by atoms with Gasteiger partial charge < -0.3 is 15.4 Å². The zero-order chi connectivity index (χ0) is 16.7.